The molecule has 5 nitrogen and oxygen atoms in total. The first-order valence-electron chi connectivity index (χ1n) is 9.01. The van der Waals surface area contributed by atoms with E-state index in [0.717, 1.165) is 29.6 Å². The Labute approximate surface area is 152 Å². The summed E-state index contributed by atoms with van der Waals surface area (Å²) in [6.07, 6.45) is 1.99. The summed E-state index contributed by atoms with van der Waals surface area (Å²) in [5.41, 5.74) is 3.53. The van der Waals surface area contributed by atoms with E-state index >= 15 is 0 Å². The molecule has 3 aromatic rings. The molecule has 3 N–H and O–H groups in total. The number of hydrogen-bond acceptors (Lipinski definition) is 3. The van der Waals surface area contributed by atoms with Crippen LogP contribution in [0.1, 0.15) is 23.6 Å². The maximum absolute atomic E-state index is 12.1. The van der Waals surface area contributed by atoms with Crippen LogP contribution in [-0.4, -0.2) is 24.1 Å². The largest absolute Gasteiger partial charge is 0.368 e. The number of carbonyl (C=O) groups is 1. The lowest BCUT2D eigenvalue weighted by Crippen LogP contribution is -2.39. The van der Waals surface area contributed by atoms with E-state index in [0.29, 0.717) is 13.1 Å². The molecule has 1 aliphatic carbocycles. The van der Waals surface area contributed by atoms with Crippen molar-refractivity contribution in [3.8, 4) is 0 Å². The van der Waals surface area contributed by atoms with Gasteiger partial charge in [-0.25, -0.2) is 9.78 Å². The first-order chi connectivity index (χ1) is 12.8. The molecule has 4 rings (SSSR count). The Hall–Kier alpha value is -3.08. The molecule has 0 spiro atoms. The van der Waals surface area contributed by atoms with Gasteiger partial charge in [0.2, 0.25) is 0 Å². The SMILES string of the molecule is O=C(NCCNc1ccc2ccccc2n1)NC1CCc2ccccc21. The van der Waals surface area contributed by atoms with Crippen molar-refractivity contribution in [3.05, 3.63) is 71.8 Å². The summed E-state index contributed by atoms with van der Waals surface area (Å²) in [6.45, 7) is 1.16. The molecule has 132 valence electrons. The van der Waals surface area contributed by atoms with E-state index in [1.54, 1.807) is 0 Å². The number of amides is 2. The lowest BCUT2D eigenvalue weighted by molar-refractivity contribution is 0.237. The van der Waals surface area contributed by atoms with Crippen molar-refractivity contribution in [1.29, 1.82) is 0 Å². The number of para-hydroxylation sites is 1. The average Bonchev–Trinajstić information content (AvgIpc) is 3.08. The predicted molar refractivity (Wildman–Crippen MR) is 104 cm³/mol. The van der Waals surface area contributed by atoms with Crippen LogP contribution in [0.5, 0.6) is 0 Å². The summed E-state index contributed by atoms with van der Waals surface area (Å²) in [6, 6.07) is 20.3. The number of pyridine rings is 1. The highest BCUT2D eigenvalue weighted by Crippen LogP contribution is 2.30. The normalized spacial score (nSPS) is 15.5. The van der Waals surface area contributed by atoms with E-state index in [9.17, 15) is 4.79 Å². The van der Waals surface area contributed by atoms with Crippen LogP contribution < -0.4 is 16.0 Å². The van der Waals surface area contributed by atoms with Crippen LogP contribution in [0.3, 0.4) is 0 Å². The van der Waals surface area contributed by atoms with Gasteiger partial charge in [0.1, 0.15) is 5.82 Å². The zero-order chi connectivity index (χ0) is 17.8. The number of nitrogens with zero attached hydrogens (tertiary/aromatic N) is 1. The smallest absolute Gasteiger partial charge is 0.315 e. The summed E-state index contributed by atoms with van der Waals surface area (Å²) in [5.74, 6) is 0.815. The van der Waals surface area contributed by atoms with Gasteiger partial charge in [-0.15, -0.1) is 0 Å². The number of rotatable bonds is 5. The minimum absolute atomic E-state index is 0.112. The lowest BCUT2D eigenvalue weighted by atomic mass is 10.1. The number of hydrogen-bond donors (Lipinski definition) is 3. The minimum atomic E-state index is -0.125. The van der Waals surface area contributed by atoms with Crippen molar-refractivity contribution in [2.24, 2.45) is 0 Å². The molecule has 1 aliphatic rings. The molecule has 1 atom stereocenters. The van der Waals surface area contributed by atoms with Gasteiger partial charge in [-0.3, -0.25) is 0 Å². The number of aryl methyl sites for hydroxylation is 1. The van der Waals surface area contributed by atoms with Crippen LogP contribution in [0.2, 0.25) is 0 Å². The van der Waals surface area contributed by atoms with Gasteiger partial charge in [-0.1, -0.05) is 42.5 Å². The van der Waals surface area contributed by atoms with Crippen LogP contribution >= 0.6 is 0 Å². The zero-order valence-corrected chi connectivity index (χ0v) is 14.5. The van der Waals surface area contributed by atoms with E-state index in [-0.39, 0.29) is 12.1 Å². The standard InChI is InChI=1S/C21H22N4O/c26-21(25-19-11-9-15-5-1-3-7-17(15)19)23-14-13-22-20-12-10-16-6-2-4-8-18(16)24-20/h1-8,10,12,19H,9,11,13-14H2,(H,22,24)(H2,23,25,26). The lowest BCUT2D eigenvalue weighted by Gasteiger charge is -2.15. The van der Waals surface area contributed by atoms with Crippen molar-refractivity contribution in [3.63, 3.8) is 0 Å². The Morgan fingerprint density at radius 1 is 1.00 bits per heavy atom. The second-order valence-corrected chi connectivity index (χ2v) is 6.51. The molecule has 0 saturated heterocycles. The summed E-state index contributed by atoms with van der Waals surface area (Å²) in [5, 5.41) is 10.3. The highest BCUT2D eigenvalue weighted by molar-refractivity contribution is 5.80. The molecule has 1 heterocycles. The highest BCUT2D eigenvalue weighted by atomic mass is 16.2. The van der Waals surface area contributed by atoms with Crippen molar-refractivity contribution in [1.82, 2.24) is 15.6 Å². The molecule has 0 fully saturated rings. The fourth-order valence-corrected chi connectivity index (χ4v) is 3.45. The van der Waals surface area contributed by atoms with E-state index in [1.165, 1.54) is 11.1 Å². The molecule has 5 heteroatoms. The quantitative estimate of drug-likeness (QED) is 0.618. The van der Waals surface area contributed by atoms with Crippen molar-refractivity contribution in [2.75, 3.05) is 18.4 Å². The number of urea groups is 1. The zero-order valence-electron chi connectivity index (χ0n) is 14.5. The Kier molecular flexibility index (Phi) is 4.69. The summed E-state index contributed by atoms with van der Waals surface area (Å²) >= 11 is 0. The summed E-state index contributed by atoms with van der Waals surface area (Å²) < 4.78 is 0. The Morgan fingerprint density at radius 3 is 2.81 bits per heavy atom. The van der Waals surface area contributed by atoms with E-state index in [4.69, 9.17) is 0 Å². The highest BCUT2D eigenvalue weighted by Gasteiger charge is 2.22. The summed E-state index contributed by atoms with van der Waals surface area (Å²) in [4.78, 5) is 16.7. The van der Waals surface area contributed by atoms with Gasteiger partial charge in [0.15, 0.2) is 0 Å². The van der Waals surface area contributed by atoms with Crippen molar-refractivity contribution < 1.29 is 4.79 Å². The van der Waals surface area contributed by atoms with E-state index in [2.05, 4.69) is 33.1 Å². The van der Waals surface area contributed by atoms with Gasteiger partial charge >= 0.3 is 6.03 Å². The van der Waals surface area contributed by atoms with Crippen LogP contribution in [-0.2, 0) is 6.42 Å². The number of carbonyl (C=O) groups excluding carboxylic acids is 1. The maximum Gasteiger partial charge on any atom is 0.315 e. The monoisotopic (exact) mass is 346 g/mol. The Balaban J connectivity index is 1.24. The number of anilines is 1. The van der Waals surface area contributed by atoms with Crippen molar-refractivity contribution in [2.45, 2.75) is 18.9 Å². The molecular formula is C21H22N4O. The molecule has 2 amide bonds. The van der Waals surface area contributed by atoms with Gasteiger partial charge in [0, 0.05) is 18.5 Å². The Bertz CT molecular complexity index is 925. The number of nitrogens with one attached hydrogen (secondary N) is 3. The third kappa shape index (κ3) is 3.61. The number of benzene rings is 2. The molecule has 0 saturated carbocycles. The number of aromatic nitrogens is 1. The fraction of sp³-hybridized carbons (Fsp3) is 0.238. The second-order valence-electron chi connectivity index (χ2n) is 6.51. The van der Waals surface area contributed by atoms with E-state index < -0.39 is 0 Å². The molecule has 0 bridgehead atoms. The van der Waals surface area contributed by atoms with Gasteiger partial charge < -0.3 is 16.0 Å². The van der Waals surface area contributed by atoms with Gasteiger partial charge in [-0.2, -0.15) is 0 Å². The Morgan fingerprint density at radius 2 is 1.85 bits per heavy atom. The molecule has 0 radical (unpaired) electrons. The number of fused-ring (bicyclic) bond motifs is 2. The molecule has 1 unspecified atom stereocenters. The van der Waals surface area contributed by atoms with Gasteiger partial charge in [0.05, 0.1) is 11.6 Å². The van der Waals surface area contributed by atoms with Gasteiger partial charge in [0.25, 0.3) is 0 Å². The molecule has 1 aromatic heterocycles. The van der Waals surface area contributed by atoms with Crippen molar-refractivity contribution >= 4 is 22.8 Å². The molecule has 2 aromatic carbocycles. The first kappa shape index (κ1) is 16.4. The van der Waals surface area contributed by atoms with Crippen LogP contribution in [0.25, 0.3) is 10.9 Å². The topological polar surface area (TPSA) is 66.0 Å². The maximum atomic E-state index is 12.1. The fourth-order valence-electron chi connectivity index (χ4n) is 3.45. The van der Waals surface area contributed by atoms with Crippen LogP contribution in [0.15, 0.2) is 60.7 Å². The third-order valence-electron chi connectivity index (χ3n) is 4.75. The minimum Gasteiger partial charge on any atom is -0.368 e. The van der Waals surface area contributed by atoms with E-state index in [1.807, 2.05) is 48.5 Å². The molecule has 0 aliphatic heterocycles. The van der Waals surface area contributed by atoms with Gasteiger partial charge in [-0.05, 0) is 42.2 Å². The van der Waals surface area contributed by atoms with Crippen LogP contribution in [0.4, 0.5) is 10.6 Å². The summed E-state index contributed by atoms with van der Waals surface area (Å²) in [7, 11) is 0. The molecule has 26 heavy (non-hydrogen) atoms. The molecular weight excluding hydrogens is 324 g/mol. The average molecular weight is 346 g/mol. The first-order valence-corrected chi connectivity index (χ1v) is 9.01. The van der Waals surface area contributed by atoms with Crippen LogP contribution in [0, 0.1) is 0 Å². The predicted octanol–water partition coefficient (Wildman–Crippen LogP) is 3.63. The second kappa shape index (κ2) is 7.44. The third-order valence-corrected chi connectivity index (χ3v) is 4.75.